The molecule has 6 heteroatoms. The van der Waals surface area contributed by atoms with Gasteiger partial charge in [0, 0.05) is 24.4 Å². The fourth-order valence-corrected chi connectivity index (χ4v) is 5.39. The molecular weight excluding hydrogens is 318 g/mol. The predicted molar refractivity (Wildman–Crippen MR) is 94.5 cm³/mol. The van der Waals surface area contributed by atoms with Crippen LogP contribution in [-0.4, -0.2) is 37.4 Å². The second-order valence-electron chi connectivity index (χ2n) is 8.68. The third-order valence-corrected chi connectivity index (χ3v) is 6.20. The molecule has 6 nitrogen and oxygen atoms in total. The van der Waals surface area contributed by atoms with Gasteiger partial charge < -0.3 is 16.0 Å². The Morgan fingerprint density at radius 3 is 1.92 bits per heavy atom. The minimum atomic E-state index is -0.208. The maximum Gasteiger partial charge on any atom is 0.239 e. The fourth-order valence-electron chi connectivity index (χ4n) is 5.39. The molecular formula is C19H31N3O3. The second kappa shape index (κ2) is 7.34. The second-order valence-corrected chi connectivity index (χ2v) is 8.68. The van der Waals surface area contributed by atoms with Crippen LogP contribution in [0.3, 0.4) is 0 Å². The van der Waals surface area contributed by atoms with E-state index in [2.05, 4.69) is 16.0 Å². The number of hydrogen-bond acceptors (Lipinski definition) is 3. The molecule has 0 unspecified atom stereocenters. The molecule has 4 aliphatic carbocycles. The first kappa shape index (κ1) is 18.2. The molecule has 0 aromatic heterocycles. The highest BCUT2D eigenvalue weighted by atomic mass is 16.2. The van der Waals surface area contributed by atoms with Gasteiger partial charge in [-0.1, -0.05) is 13.8 Å². The van der Waals surface area contributed by atoms with E-state index in [0.29, 0.717) is 13.1 Å². The summed E-state index contributed by atoms with van der Waals surface area (Å²) in [5, 5.41) is 8.36. The van der Waals surface area contributed by atoms with Gasteiger partial charge in [0.1, 0.15) is 0 Å². The van der Waals surface area contributed by atoms with Gasteiger partial charge in [-0.05, 0) is 56.3 Å². The maximum absolute atomic E-state index is 12.7. The molecule has 4 bridgehead atoms. The van der Waals surface area contributed by atoms with E-state index in [0.717, 1.165) is 37.0 Å². The van der Waals surface area contributed by atoms with E-state index in [1.165, 1.54) is 19.3 Å². The summed E-state index contributed by atoms with van der Waals surface area (Å²) >= 11 is 0. The maximum atomic E-state index is 12.7. The van der Waals surface area contributed by atoms with E-state index in [1.54, 1.807) is 0 Å². The third-order valence-electron chi connectivity index (χ3n) is 6.20. The molecule has 140 valence electrons. The summed E-state index contributed by atoms with van der Waals surface area (Å²) in [6.07, 6.45) is 6.92. The minimum absolute atomic E-state index is 0.0237. The highest BCUT2D eigenvalue weighted by molar-refractivity contribution is 5.88. The molecule has 0 aromatic rings. The molecule has 0 aromatic carbocycles. The first-order chi connectivity index (χ1) is 11.9. The summed E-state index contributed by atoms with van der Waals surface area (Å²) in [4.78, 5) is 36.1. The van der Waals surface area contributed by atoms with Crippen LogP contribution in [0, 0.1) is 29.1 Å². The van der Waals surface area contributed by atoms with Gasteiger partial charge in [-0.3, -0.25) is 14.4 Å². The molecule has 4 rings (SSSR count). The molecule has 4 aliphatic rings. The number of carbonyl (C=O) groups is 3. The lowest BCUT2D eigenvalue weighted by atomic mass is 9.49. The SMILES string of the molecule is CC(C)C(=O)NCCNC(=O)CNC(=O)C12CC3CC(CC(C3)C1)C2. The zero-order chi connectivity index (χ0) is 18.0. The monoisotopic (exact) mass is 349 g/mol. The van der Waals surface area contributed by atoms with Crippen molar-refractivity contribution in [3.63, 3.8) is 0 Å². The summed E-state index contributed by atoms with van der Waals surface area (Å²) in [7, 11) is 0. The Balaban J connectivity index is 1.38. The summed E-state index contributed by atoms with van der Waals surface area (Å²) in [6.45, 7) is 4.47. The lowest BCUT2D eigenvalue weighted by Gasteiger charge is -2.55. The molecule has 0 saturated heterocycles. The smallest absolute Gasteiger partial charge is 0.239 e. The van der Waals surface area contributed by atoms with Crippen LogP contribution >= 0.6 is 0 Å². The molecule has 0 heterocycles. The van der Waals surface area contributed by atoms with Crippen LogP contribution in [0.1, 0.15) is 52.4 Å². The van der Waals surface area contributed by atoms with Crippen molar-refractivity contribution in [2.45, 2.75) is 52.4 Å². The molecule has 3 amide bonds. The molecule has 0 radical (unpaired) electrons. The Kier molecular flexibility index (Phi) is 5.35. The highest BCUT2D eigenvalue weighted by Crippen LogP contribution is 2.60. The number of amides is 3. The van der Waals surface area contributed by atoms with Crippen LogP contribution in [0.15, 0.2) is 0 Å². The fraction of sp³-hybridized carbons (Fsp3) is 0.842. The average molecular weight is 349 g/mol. The van der Waals surface area contributed by atoms with Gasteiger partial charge in [0.25, 0.3) is 0 Å². The number of nitrogens with one attached hydrogen (secondary N) is 3. The van der Waals surface area contributed by atoms with Crippen LogP contribution in [0.25, 0.3) is 0 Å². The quantitative estimate of drug-likeness (QED) is 0.604. The van der Waals surface area contributed by atoms with E-state index < -0.39 is 0 Å². The topological polar surface area (TPSA) is 87.3 Å². The Labute approximate surface area is 149 Å². The Hall–Kier alpha value is -1.59. The molecule has 4 saturated carbocycles. The Bertz CT molecular complexity index is 509. The van der Waals surface area contributed by atoms with Gasteiger partial charge in [0.2, 0.25) is 17.7 Å². The minimum Gasteiger partial charge on any atom is -0.354 e. The largest absolute Gasteiger partial charge is 0.354 e. The molecule has 4 fully saturated rings. The van der Waals surface area contributed by atoms with Gasteiger partial charge >= 0.3 is 0 Å². The molecule has 25 heavy (non-hydrogen) atoms. The van der Waals surface area contributed by atoms with Crippen LogP contribution in [0.4, 0.5) is 0 Å². The predicted octanol–water partition coefficient (Wildman–Crippen LogP) is 1.21. The van der Waals surface area contributed by atoms with Crippen LogP contribution in [0.5, 0.6) is 0 Å². The summed E-state index contributed by atoms with van der Waals surface area (Å²) in [5.74, 6) is 1.95. The van der Waals surface area contributed by atoms with Gasteiger partial charge in [-0.25, -0.2) is 0 Å². The van der Waals surface area contributed by atoms with Crippen molar-refractivity contribution in [1.29, 1.82) is 0 Å². The summed E-state index contributed by atoms with van der Waals surface area (Å²) in [6, 6.07) is 0. The van der Waals surface area contributed by atoms with Crippen molar-refractivity contribution >= 4 is 17.7 Å². The normalized spacial score (nSPS) is 32.5. The van der Waals surface area contributed by atoms with Crippen LogP contribution in [-0.2, 0) is 14.4 Å². The number of carbonyl (C=O) groups excluding carboxylic acids is 3. The van der Waals surface area contributed by atoms with Crippen LogP contribution in [0.2, 0.25) is 0 Å². The molecule has 0 aliphatic heterocycles. The zero-order valence-electron chi connectivity index (χ0n) is 15.4. The van der Waals surface area contributed by atoms with Gasteiger partial charge in [0.05, 0.1) is 6.54 Å². The zero-order valence-corrected chi connectivity index (χ0v) is 15.4. The standard InChI is InChI=1S/C19H31N3O3/c1-12(2)17(24)21-4-3-20-16(23)11-22-18(25)19-8-13-5-14(9-19)7-15(6-13)10-19/h12-15H,3-11H2,1-2H3,(H,20,23)(H,21,24)(H,22,25). The third kappa shape index (κ3) is 4.15. The first-order valence-electron chi connectivity index (χ1n) is 9.70. The summed E-state index contributed by atoms with van der Waals surface area (Å²) in [5.41, 5.74) is -0.208. The van der Waals surface area contributed by atoms with Crippen molar-refractivity contribution in [3.8, 4) is 0 Å². The summed E-state index contributed by atoms with van der Waals surface area (Å²) < 4.78 is 0. The molecule has 3 N–H and O–H groups in total. The van der Waals surface area contributed by atoms with Crippen LogP contribution < -0.4 is 16.0 Å². The molecule has 0 spiro atoms. The molecule has 0 atom stereocenters. The lowest BCUT2D eigenvalue weighted by molar-refractivity contribution is -0.147. The van der Waals surface area contributed by atoms with E-state index >= 15 is 0 Å². The van der Waals surface area contributed by atoms with Gasteiger partial charge in [-0.15, -0.1) is 0 Å². The van der Waals surface area contributed by atoms with E-state index in [-0.39, 0.29) is 35.6 Å². The number of rotatable bonds is 7. The van der Waals surface area contributed by atoms with Crippen molar-refractivity contribution in [3.05, 3.63) is 0 Å². The average Bonchev–Trinajstić information content (AvgIpc) is 2.55. The van der Waals surface area contributed by atoms with Crippen molar-refractivity contribution in [2.24, 2.45) is 29.1 Å². The highest BCUT2D eigenvalue weighted by Gasteiger charge is 2.54. The van der Waals surface area contributed by atoms with Crippen molar-refractivity contribution in [1.82, 2.24) is 16.0 Å². The lowest BCUT2D eigenvalue weighted by Crippen LogP contribution is -2.54. The Morgan fingerprint density at radius 2 is 1.40 bits per heavy atom. The van der Waals surface area contributed by atoms with Crippen molar-refractivity contribution in [2.75, 3.05) is 19.6 Å². The first-order valence-corrected chi connectivity index (χ1v) is 9.70. The van der Waals surface area contributed by atoms with E-state index in [4.69, 9.17) is 0 Å². The van der Waals surface area contributed by atoms with Gasteiger partial charge in [-0.2, -0.15) is 0 Å². The Morgan fingerprint density at radius 1 is 0.880 bits per heavy atom. The van der Waals surface area contributed by atoms with Gasteiger partial charge in [0.15, 0.2) is 0 Å². The van der Waals surface area contributed by atoms with Crippen molar-refractivity contribution < 1.29 is 14.4 Å². The number of hydrogen-bond donors (Lipinski definition) is 3. The van der Waals surface area contributed by atoms with E-state index in [9.17, 15) is 14.4 Å². The van der Waals surface area contributed by atoms with E-state index in [1.807, 2.05) is 13.8 Å².